The third-order valence-corrected chi connectivity index (χ3v) is 1.70. The highest BCUT2D eigenvalue weighted by atomic mass is 16.4. The summed E-state index contributed by atoms with van der Waals surface area (Å²) in [6.07, 6.45) is 1.83. The van der Waals surface area contributed by atoms with E-state index in [4.69, 9.17) is 15.0 Å². The van der Waals surface area contributed by atoms with Crippen molar-refractivity contribution in [2.24, 2.45) is 0 Å². The molecule has 4 heteroatoms. The average molecular weight is 224 g/mol. The third kappa shape index (κ3) is 10.2. The van der Waals surface area contributed by atoms with E-state index in [1.807, 2.05) is 30.3 Å². The zero-order chi connectivity index (χ0) is 12.4. The molecule has 0 saturated heterocycles. The Morgan fingerprint density at radius 2 is 1.62 bits per heavy atom. The van der Waals surface area contributed by atoms with Crippen LogP contribution in [0.1, 0.15) is 25.3 Å². The first-order valence-corrected chi connectivity index (χ1v) is 4.97. The number of rotatable bonds is 4. The second kappa shape index (κ2) is 8.47. The van der Waals surface area contributed by atoms with E-state index in [2.05, 4.69) is 0 Å². The topological polar surface area (TPSA) is 74.6 Å². The van der Waals surface area contributed by atoms with Gasteiger partial charge in [-0.25, -0.2) is 0 Å². The van der Waals surface area contributed by atoms with E-state index in [1.54, 1.807) is 0 Å². The molecule has 0 atom stereocenters. The fraction of sp³-hybridized carbons (Fsp3) is 0.333. The molecular formula is C12H16O4. The molecule has 0 aliphatic rings. The standard InChI is InChI=1S/C10H12O2.C2H4O2/c11-10(12)8-4-7-9-5-2-1-3-6-9;1-2(3)4/h1-3,5-6H,4,7-8H2,(H,11,12);1H3,(H,3,4). The minimum Gasteiger partial charge on any atom is -0.481 e. The molecule has 0 radical (unpaired) electrons. The molecule has 0 amide bonds. The van der Waals surface area contributed by atoms with E-state index in [-0.39, 0.29) is 6.42 Å². The number of hydrogen-bond donors (Lipinski definition) is 2. The van der Waals surface area contributed by atoms with Crippen molar-refractivity contribution in [1.82, 2.24) is 0 Å². The molecule has 0 bridgehead atoms. The fourth-order valence-electron chi connectivity index (χ4n) is 1.09. The Hall–Kier alpha value is -1.84. The highest BCUT2D eigenvalue weighted by molar-refractivity contribution is 5.66. The van der Waals surface area contributed by atoms with Crippen molar-refractivity contribution in [3.8, 4) is 0 Å². The summed E-state index contributed by atoms with van der Waals surface area (Å²) in [7, 11) is 0. The molecule has 1 aromatic carbocycles. The maximum atomic E-state index is 10.2. The monoisotopic (exact) mass is 224 g/mol. The van der Waals surface area contributed by atoms with E-state index >= 15 is 0 Å². The minimum absolute atomic E-state index is 0.259. The van der Waals surface area contributed by atoms with Gasteiger partial charge in [-0.2, -0.15) is 0 Å². The maximum absolute atomic E-state index is 10.2. The molecule has 0 fully saturated rings. The number of hydrogen-bond acceptors (Lipinski definition) is 2. The number of carboxylic acids is 2. The van der Waals surface area contributed by atoms with Crippen LogP contribution in [-0.2, 0) is 16.0 Å². The predicted molar refractivity (Wildman–Crippen MR) is 60.3 cm³/mol. The van der Waals surface area contributed by atoms with Gasteiger partial charge < -0.3 is 10.2 Å². The van der Waals surface area contributed by atoms with Crippen molar-refractivity contribution in [1.29, 1.82) is 0 Å². The van der Waals surface area contributed by atoms with Crippen LogP contribution in [0, 0.1) is 0 Å². The molecule has 0 aliphatic carbocycles. The van der Waals surface area contributed by atoms with Gasteiger partial charge in [0.05, 0.1) is 0 Å². The largest absolute Gasteiger partial charge is 0.481 e. The smallest absolute Gasteiger partial charge is 0.303 e. The van der Waals surface area contributed by atoms with Crippen molar-refractivity contribution in [3.05, 3.63) is 35.9 Å². The Balaban J connectivity index is 0.000000487. The Kier molecular flexibility index (Phi) is 7.49. The van der Waals surface area contributed by atoms with E-state index in [0.29, 0.717) is 0 Å². The summed E-state index contributed by atoms with van der Waals surface area (Å²) in [5, 5.41) is 15.8. The highest BCUT2D eigenvalue weighted by Crippen LogP contribution is 2.03. The first-order valence-electron chi connectivity index (χ1n) is 4.97. The van der Waals surface area contributed by atoms with Crippen LogP contribution in [0.2, 0.25) is 0 Å². The van der Waals surface area contributed by atoms with Crippen molar-refractivity contribution in [3.63, 3.8) is 0 Å². The highest BCUT2D eigenvalue weighted by Gasteiger charge is 1.96. The van der Waals surface area contributed by atoms with Gasteiger partial charge in [-0.3, -0.25) is 9.59 Å². The summed E-state index contributed by atoms with van der Waals surface area (Å²) >= 11 is 0. The van der Waals surface area contributed by atoms with Gasteiger partial charge in [0.15, 0.2) is 0 Å². The molecule has 1 aromatic rings. The number of carbonyl (C=O) groups is 2. The molecule has 0 aliphatic heterocycles. The second-order valence-corrected chi connectivity index (χ2v) is 3.25. The lowest BCUT2D eigenvalue weighted by Gasteiger charge is -1.97. The van der Waals surface area contributed by atoms with Crippen molar-refractivity contribution in [2.45, 2.75) is 26.2 Å². The lowest BCUT2D eigenvalue weighted by molar-refractivity contribution is -0.137. The number of carboxylic acid groups (broad SMARTS) is 2. The molecule has 16 heavy (non-hydrogen) atoms. The summed E-state index contributed by atoms with van der Waals surface area (Å²) in [6, 6.07) is 9.93. The van der Waals surface area contributed by atoms with E-state index in [9.17, 15) is 4.79 Å². The second-order valence-electron chi connectivity index (χ2n) is 3.25. The molecule has 0 saturated carbocycles. The van der Waals surface area contributed by atoms with E-state index in [1.165, 1.54) is 5.56 Å². The maximum Gasteiger partial charge on any atom is 0.303 e. The van der Waals surface area contributed by atoms with Crippen molar-refractivity contribution >= 4 is 11.9 Å². The average Bonchev–Trinajstić information content (AvgIpc) is 2.18. The van der Waals surface area contributed by atoms with Crippen LogP contribution in [0.3, 0.4) is 0 Å². The van der Waals surface area contributed by atoms with Crippen LogP contribution in [0.5, 0.6) is 0 Å². The summed E-state index contributed by atoms with van der Waals surface area (Å²) in [6.45, 7) is 1.08. The van der Waals surface area contributed by atoms with Gasteiger partial charge in [0, 0.05) is 13.3 Å². The predicted octanol–water partition coefficient (Wildman–Crippen LogP) is 2.18. The summed E-state index contributed by atoms with van der Waals surface area (Å²) in [4.78, 5) is 19.2. The Morgan fingerprint density at radius 3 is 2.06 bits per heavy atom. The molecule has 4 nitrogen and oxygen atoms in total. The minimum atomic E-state index is -0.833. The van der Waals surface area contributed by atoms with Crippen LogP contribution >= 0.6 is 0 Å². The van der Waals surface area contributed by atoms with Crippen LogP contribution in [0.4, 0.5) is 0 Å². The number of aliphatic carboxylic acids is 2. The molecule has 1 rings (SSSR count). The normalized spacial score (nSPS) is 8.81. The van der Waals surface area contributed by atoms with Gasteiger partial charge in [0.25, 0.3) is 5.97 Å². The molecule has 0 aromatic heterocycles. The summed E-state index contributed by atoms with van der Waals surface area (Å²) in [5.74, 6) is -1.55. The SMILES string of the molecule is CC(=O)O.O=C(O)CCCc1ccccc1. The molecule has 0 spiro atoms. The number of aryl methyl sites for hydroxylation is 1. The van der Waals surface area contributed by atoms with Crippen molar-refractivity contribution < 1.29 is 19.8 Å². The van der Waals surface area contributed by atoms with Gasteiger partial charge in [0.1, 0.15) is 0 Å². The summed E-state index contributed by atoms with van der Waals surface area (Å²) in [5.41, 5.74) is 1.21. The number of benzene rings is 1. The molecule has 88 valence electrons. The molecule has 0 unspecified atom stereocenters. The Morgan fingerprint density at radius 1 is 1.12 bits per heavy atom. The third-order valence-electron chi connectivity index (χ3n) is 1.70. The lowest BCUT2D eigenvalue weighted by Crippen LogP contribution is -1.95. The zero-order valence-corrected chi connectivity index (χ0v) is 9.22. The van der Waals surface area contributed by atoms with Gasteiger partial charge in [-0.05, 0) is 18.4 Å². The first kappa shape index (κ1) is 14.2. The summed E-state index contributed by atoms with van der Waals surface area (Å²) < 4.78 is 0. The van der Waals surface area contributed by atoms with Crippen LogP contribution in [0.15, 0.2) is 30.3 Å². The molecular weight excluding hydrogens is 208 g/mol. The quantitative estimate of drug-likeness (QED) is 0.822. The van der Waals surface area contributed by atoms with Gasteiger partial charge in [-0.1, -0.05) is 30.3 Å². The van der Waals surface area contributed by atoms with Crippen LogP contribution < -0.4 is 0 Å². The Bertz CT molecular complexity index is 315. The van der Waals surface area contributed by atoms with Gasteiger partial charge >= 0.3 is 5.97 Å². The fourth-order valence-corrected chi connectivity index (χ4v) is 1.09. The Labute approximate surface area is 94.5 Å². The van der Waals surface area contributed by atoms with Crippen molar-refractivity contribution in [2.75, 3.05) is 0 Å². The lowest BCUT2D eigenvalue weighted by atomic mass is 10.1. The first-order chi connectivity index (χ1) is 7.52. The molecule has 0 heterocycles. The van der Waals surface area contributed by atoms with Gasteiger partial charge in [-0.15, -0.1) is 0 Å². The molecule has 2 N–H and O–H groups in total. The van der Waals surface area contributed by atoms with E-state index < -0.39 is 11.9 Å². The van der Waals surface area contributed by atoms with E-state index in [0.717, 1.165) is 19.8 Å². The van der Waals surface area contributed by atoms with Crippen LogP contribution in [0.25, 0.3) is 0 Å². The van der Waals surface area contributed by atoms with Gasteiger partial charge in [0.2, 0.25) is 0 Å². The zero-order valence-electron chi connectivity index (χ0n) is 9.22. The van der Waals surface area contributed by atoms with Crippen LogP contribution in [-0.4, -0.2) is 22.2 Å².